The molecule has 5 heteroatoms. The van der Waals surface area contributed by atoms with Gasteiger partial charge in [0.05, 0.1) is 6.54 Å². The number of piperazine rings is 1. The molecule has 5 nitrogen and oxygen atoms in total. The third-order valence-corrected chi connectivity index (χ3v) is 1.74. The average molecular weight is 184 g/mol. The number of hydrogen-bond donors (Lipinski definition) is 2. The smallest absolute Gasteiger partial charge is 0.328 e. The van der Waals surface area contributed by atoms with Crippen molar-refractivity contribution in [2.24, 2.45) is 0 Å². The van der Waals surface area contributed by atoms with Crippen LogP contribution in [0.5, 0.6) is 0 Å². The minimum absolute atomic E-state index is 0.00465. The Hall–Kier alpha value is -1.36. The van der Waals surface area contributed by atoms with E-state index in [-0.39, 0.29) is 5.91 Å². The second-order valence-electron chi connectivity index (χ2n) is 2.83. The Morgan fingerprint density at radius 1 is 1.69 bits per heavy atom. The monoisotopic (exact) mass is 184 g/mol. The van der Waals surface area contributed by atoms with Gasteiger partial charge in [-0.05, 0) is 0 Å². The molecule has 0 atom stereocenters. The van der Waals surface area contributed by atoms with Crippen LogP contribution in [0, 0.1) is 0 Å². The Balaban J connectivity index is 2.28. The second-order valence-corrected chi connectivity index (χ2v) is 2.83. The van der Waals surface area contributed by atoms with Gasteiger partial charge in [-0.1, -0.05) is 6.08 Å². The number of carbonyl (C=O) groups is 2. The molecule has 13 heavy (non-hydrogen) atoms. The van der Waals surface area contributed by atoms with Gasteiger partial charge >= 0.3 is 5.97 Å². The van der Waals surface area contributed by atoms with Crippen molar-refractivity contribution in [3.63, 3.8) is 0 Å². The summed E-state index contributed by atoms with van der Waals surface area (Å²) in [6, 6.07) is 0. The van der Waals surface area contributed by atoms with Gasteiger partial charge in [0.1, 0.15) is 0 Å². The molecular formula is C8H12N2O3. The topological polar surface area (TPSA) is 69.6 Å². The quantitative estimate of drug-likeness (QED) is 0.555. The number of aliphatic carboxylic acids is 1. The first-order valence-electron chi connectivity index (χ1n) is 4.07. The van der Waals surface area contributed by atoms with Crippen molar-refractivity contribution < 1.29 is 14.7 Å². The van der Waals surface area contributed by atoms with Gasteiger partial charge in [-0.15, -0.1) is 0 Å². The van der Waals surface area contributed by atoms with Crippen molar-refractivity contribution in [2.45, 2.75) is 0 Å². The maximum absolute atomic E-state index is 10.9. The molecule has 72 valence electrons. The Kier molecular flexibility index (Phi) is 3.45. The third kappa shape index (κ3) is 3.71. The van der Waals surface area contributed by atoms with Crippen LogP contribution in [0.1, 0.15) is 0 Å². The molecule has 0 radical (unpaired) electrons. The van der Waals surface area contributed by atoms with Crippen LogP contribution in [0.25, 0.3) is 0 Å². The number of carboxylic acids is 1. The van der Waals surface area contributed by atoms with Crippen LogP contribution in [-0.2, 0) is 9.59 Å². The lowest BCUT2D eigenvalue weighted by atomic mass is 10.3. The summed E-state index contributed by atoms with van der Waals surface area (Å²) in [6.07, 6.45) is 2.63. The van der Waals surface area contributed by atoms with Gasteiger partial charge in [-0.25, -0.2) is 4.79 Å². The van der Waals surface area contributed by atoms with Gasteiger partial charge in [0, 0.05) is 25.7 Å². The maximum Gasteiger partial charge on any atom is 0.328 e. The molecule has 0 aromatic rings. The molecule has 1 saturated heterocycles. The summed E-state index contributed by atoms with van der Waals surface area (Å²) in [5.41, 5.74) is 0. The first-order valence-corrected chi connectivity index (χ1v) is 4.07. The lowest BCUT2D eigenvalue weighted by Crippen LogP contribution is -2.47. The van der Waals surface area contributed by atoms with E-state index in [1.54, 1.807) is 6.08 Å². The Bertz CT molecular complexity index is 238. The highest BCUT2D eigenvalue weighted by molar-refractivity contribution is 5.80. The van der Waals surface area contributed by atoms with E-state index < -0.39 is 5.97 Å². The molecular weight excluding hydrogens is 172 g/mol. The number of carboxylic acid groups (broad SMARTS) is 1. The van der Waals surface area contributed by atoms with Crippen LogP contribution in [0.15, 0.2) is 12.2 Å². The highest BCUT2D eigenvalue weighted by atomic mass is 16.4. The van der Waals surface area contributed by atoms with Crippen LogP contribution in [0.3, 0.4) is 0 Å². The second kappa shape index (κ2) is 4.61. The van der Waals surface area contributed by atoms with Gasteiger partial charge in [0.25, 0.3) is 0 Å². The predicted molar refractivity (Wildman–Crippen MR) is 46.2 cm³/mol. The van der Waals surface area contributed by atoms with E-state index in [1.807, 2.05) is 4.90 Å². The van der Waals surface area contributed by atoms with Gasteiger partial charge in [-0.2, -0.15) is 0 Å². The lowest BCUT2D eigenvalue weighted by molar-refractivity contribution is -0.131. The largest absolute Gasteiger partial charge is 0.478 e. The van der Waals surface area contributed by atoms with Crippen molar-refractivity contribution in [1.82, 2.24) is 10.2 Å². The van der Waals surface area contributed by atoms with Crippen LogP contribution in [0.4, 0.5) is 0 Å². The SMILES string of the molecule is O=C(O)/C=C/CN1CCNC(=O)C1. The maximum atomic E-state index is 10.9. The van der Waals surface area contributed by atoms with Crippen LogP contribution in [-0.4, -0.2) is 48.1 Å². The van der Waals surface area contributed by atoms with Crippen LogP contribution >= 0.6 is 0 Å². The molecule has 2 N–H and O–H groups in total. The summed E-state index contributed by atoms with van der Waals surface area (Å²) in [7, 11) is 0. The first-order chi connectivity index (χ1) is 6.18. The molecule has 0 unspecified atom stereocenters. The van der Waals surface area contributed by atoms with Crippen LogP contribution < -0.4 is 5.32 Å². The zero-order valence-corrected chi connectivity index (χ0v) is 7.19. The van der Waals surface area contributed by atoms with Crippen molar-refractivity contribution in [3.05, 3.63) is 12.2 Å². The van der Waals surface area contributed by atoms with E-state index in [0.29, 0.717) is 19.6 Å². The van der Waals surface area contributed by atoms with E-state index in [4.69, 9.17) is 5.11 Å². The Labute approximate surface area is 76.0 Å². The number of hydrogen-bond acceptors (Lipinski definition) is 3. The molecule has 0 saturated carbocycles. The number of carbonyl (C=O) groups excluding carboxylic acids is 1. The molecule has 1 fully saturated rings. The van der Waals surface area contributed by atoms with Crippen molar-refractivity contribution in [1.29, 1.82) is 0 Å². The molecule has 0 aromatic carbocycles. The van der Waals surface area contributed by atoms with Crippen LogP contribution in [0.2, 0.25) is 0 Å². The first kappa shape index (κ1) is 9.73. The molecule has 1 aliphatic heterocycles. The molecule has 1 heterocycles. The van der Waals surface area contributed by atoms with Gasteiger partial charge in [0.2, 0.25) is 5.91 Å². The van der Waals surface area contributed by atoms with E-state index in [0.717, 1.165) is 12.6 Å². The fraction of sp³-hybridized carbons (Fsp3) is 0.500. The van der Waals surface area contributed by atoms with E-state index in [9.17, 15) is 9.59 Å². The summed E-state index contributed by atoms with van der Waals surface area (Å²) < 4.78 is 0. The van der Waals surface area contributed by atoms with Gasteiger partial charge in [-0.3, -0.25) is 9.69 Å². The fourth-order valence-corrected chi connectivity index (χ4v) is 1.15. The Morgan fingerprint density at radius 2 is 2.46 bits per heavy atom. The zero-order valence-electron chi connectivity index (χ0n) is 7.19. The minimum Gasteiger partial charge on any atom is -0.478 e. The highest BCUT2D eigenvalue weighted by Crippen LogP contribution is 1.92. The standard InChI is InChI=1S/C8H12N2O3/c11-7-6-10(5-3-9-7)4-1-2-8(12)13/h1-2H,3-6H2,(H,9,11)(H,12,13)/b2-1+. The molecule has 1 rings (SSSR count). The van der Waals surface area contributed by atoms with E-state index >= 15 is 0 Å². The summed E-state index contributed by atoms with van der Waals surface area (Å²) in [5.74, 6) is -0.962. The number of nitrogens with zero attached hydrogens (tertiary/aromatic N) is 1. The summed E-state index contributed by atoms with van der Waals surface area (Å²) in [4.78, 5) is 22.9. The summed E-state index contributed by atoms with van der Waals surface area (Å²) >= 11 is 0. The third-order valence-electron chi connectivity index (χ3n) is 1.74. The molecule has 1 aliphatic rings. The molecule has 0 aromatic heterocycles. The molecule has 0 aliphatic carbocycles. The number of nitrogens with one attached hydrogen (secondary N) is 1. The summed E-state index contributed by atoms with van der Waals surface area (Å²) in [6.45, 7) is 2.28. The predicted octanol–water partition coefficient (Wildman–Crippen LogP) is -0.941. The van der Waals surface area contributed by atoms with Crippen molar-refractivity contribution in [3.8, 4) is 0 Å². The zero-order chi connectivity index (χ0) is 9.68. The van der Waals surface area contributed by atoms with E-state index in [2.05, 4.69) is 5.32 Å². The molecule has 0 spiro atoms. The van der Waals surface area contributed by atoms with Gasteiger partial charge < -0.3 is 10.4 Å². The van der Waals surface area contributed by atoms with E-state index in [1.165, 1.54) is 0 Å². The summed E-state index contributed by atoms with van der Waals surface area (Å²) in [5, 5.41) is 11.0. The average Bonchev–Trinajstić information content (AvgIpc) is 2.03. The minimum atomic E-state index is -0.957. The lowest BCUT2D eigenvalue weighted by Gasteiger charge is -2.24. The van der Waals surface area contributed by atoms with Crippen molar-refractivity contribution in [2.75, 3.05) is 26.2 Å². The number of rotatable bonds is 3. The number of amides is 1. The Morgan fingerprint density at radius 3 is 3.08 bits per heavy atom. The highest BCUT2D eigenvalue weighted by Gasteiger charge is 2.13. The molecule has 0 bridgehead atoms. The van der Waals surface area contributed by atoms with Crippen molar-refractivity contribution >= 4 is 11.9 Å². The molecule has 1 amide bonds. The normalized spacial score (nSPS) is 18.9. The fourth-order valence-electron chi connectivity index (χ4n) is 1.15. The van der Waals surface area contributed by atoms with Gasteiger partial charge in [0.15, 0.2) is 0 Å².